The van der Waals surface area contributed by atoms with E-state index in [1.807, 2.05) is 0 Å². The molecule has 1 aromatic heterocycles. The Balaban J connectivity index is 2.69. The van der Waals surface area contributed by atoms with Crippen LogP contribution in [-0.2, 0) is 6.42 Å². The van der Waals surface area contributed by atoms with Gasteiger partial charge < -0.3 is 4.42 Å². The molecule has 0 bridgehead atoms. The van der Waals surface area contributed by atoms with Crippen LogP contribution in [0.15, 0.2) is 16.7 Å². The molecule has 0 amide bonds. The van der Waals surface area contributed by atoms with Crippen LogP contribution in [0.3, 0.4) is 0 Å². The van der Waals surface area contributed by atoms with Gasteiger partial charge in [0.15, 0.2) is 12.0 Å². The smallest absolute Gasteiger partial charge is 0.185 e. The van der Waals surface area contributed by atoms with Crippen LogP contribution in [0.2, 0.25) is 19.6 Å². The molecule has 0 radical (unpaired) electrons. The monoisotopic (exact) mass is 206 g/mol. The second kappa shape index (κ2) is 4.29. The van der Waals surface area contributed by atoms with Crippen molar-refractivity contribution in [1.82, 2.24) is 0 Å². The van der Waals surface area contributed by atoms with Gasteiger partial charge in [0.25, 0.3) is 0 Å². The predicted molar refractivity (Wildman–Crippen MR) is 58.9 cm³/mol. The normalized spacial score (nSPS) is 10.5. The van der Waals surface area contributed by atoms with E-state index in [1.54, 1.807) is 6.07 Å². The fourth-order valence-corrected chi connectivity index (χ4v) is 1.62. The molecule has 2 nitrogen and oxygen atoms in total. The van der Waals surface area contributed by atoms with Crippen molar-refractivity contribution in [3.05, 3.63) is 23.7 Å². The predicted octanol–water partition coefficient (Wildman–Crippen LogP) is 2.52. The molecule has 0 saturated heterocycles. The van der Waals surface area contributed by atoms with Gasteiger partial charge in [0.1, 0.15) is 8.07 Å². The highest BCUT2D eigenvalue weighted by Gasteiger charge is 2.08. The molecule has 0 spiro atoms. The van der Waals surface area contributed by atoms with Gasteiger partial charge in [-0.3, -0.25) is 4.79 Å². The minimum absolute atomic E-state index is 0.398. The summed E-state index contributed by atoms with van der Waals surface area (Å²) in [7, 11) is -1.30. The Morgan fingerprint density at radius 2 is 2.21 bits per heavy atom. The molecule has 14 heavy (non-hydrogen) atoms. The van der Waals surface area contributed by atoms with Gasteiger partial charge in [-0.15, -0.1) is 11.5 Å². The van der Waals surface area contributed by atoms with Crippen molar-refractivity contribution >= 4 is 14.4 Å². The summed E-state index contributed by atoms with van der Waals surface area (Å²) in [6.07, 6.45) is 2.86. The Hall–Kier alpha value is -1.27. The van der Waals surface area contributed by atoms with Crippen molar-refractivity contribution in [2.75, 3.05) is 0 Å². The first-order chi connectivity index (χ1) is 6.53. The summed E-state index contributed by atoms with van der Waals surface area (Å²) in [6, 6.07) is 1.79. The fourth-order valence-electron chi connectivity index (χ4n) is 1.00. The van der Waals surface area contributed by atoms with Crippen molar-refractivity contribution in [3.8, 4) is 11.5 Å². The lowest BCUT2D eigenvalue weighted by atomic mass is 10.2. The Kier molecular flexibility index (Phi) is 3.31. The lowest BCUT2D eigenvalue weighted by Gasteiger charge is -2.02. The van der Waals surface area contributed by atoms with Crippen LogP contribution in [0.25, 0.3) is 0 Å². The summed E-state index contributed by atoms with van der Waals surface area (Å²) in [5.41, 5.74) is 4.12. The zero-order valence-electron chi connectivity index (χ0n) is 8.76. The molecule has 3 heteroatoms. The maximum absolute atomic E-state index is 10.5. The fraction of sp³-hybridized carbons (Fsp3) is 0.364. The van der Waals surface area contributed by atoms with E-state index in [1.165, 1.54) is 6.26 Å². The van der Waals surface area contributed by atoms with Crippen molar-refractivity contribution < 1.29 is 9.21 Å². The summed E-state index contributed by atoms with van der Waals surface area (Å²) in [5.74, 6) is 3.49. The quantitative estimate of drug-likeness (QED) is 0.423. The van der Waals surface area contributed by atoms with E-state index >= 15 is 0 Å². The molecule has 0 atom stereocenters. The molecule has 1 heterocycles. The molecule has 0 aliphatic carbocycles. The lowest BCUT2D eigenvalue weighted by Crippen LogP contribution is -2.16. The standard InChI is InChI=1S/C11H14O2Si/c1-14(2,3)8-4-5-10-6-7-13-11(10)9-12/h6-7,9H,5H2,1-3H3. The van der Waals surface area contributed by atoms with Gasteiger partial charge >= 0.3 is 0 Å². The van der Waals surface area contributed by atoms with Gasteiger partial charge in [-0.05, 0) is 6.07 Å². The van der Waals surface area contributed by atoms with Gasteiger partial charge in [0.2, 0.25) is 0 Å². The third-order valence-corrected chi connectivity index (χ3v) is 2.56. The van der Waals surface area contributed by atoms with Crippen LogP contribution in [0, 0.1) is 11.5 Å². The first kappa shape index (κ1) is 10.8. The van der Waals surface area contributed by atoms with Crippen LogP contribution < -0.4 is 0 Å². The minimum atomic E-state index is -1.30. The molecule has 0 saturated carbocycles. The number of aldehydes is 1. The van der Waals surface area contributed by atoms with E-state index in [0.29, 0.717) is 12.2 Å². The second-order valence-electron chi connectivity index (χ2n) is 4.16. The Labute approximate surface area is 85.3 Å². The molecule has 1 rings (SSSR count). The maximum atomic E-state index is 10.5. The molecule has 74 valence electrons. The average molecular weight is 206 g/mol. The number of carbonyl (C=O) groups excluding carboxylic acids is 1. The van der Waals surface area contributed by atoms with Crippen LogP contribution in [0.4, 0.5) is 0 Å². The lowest BCUT2D eigenvalue weighted by molar-refractivity contribution is 0.109. The van der Waals surface area contributed by atoms with Gasteiger partial charge in [-0.25, -0.2) is 0 Å². The minimum Gasteiger partial charge on any atom is -0.461 e. The van der Waals surface area contributed by atoms with Gasteiger partial charge in [0.05, 0.1) is 6.26 Å². The molecule has 0 aromatic carbocycles. The number of hydrogen-bond donors (Lipinski definition) is 0. The van der Waals surface area contributed by atoms with Crippen LogP contribution in [-0.4, -0.2) is 14.4 Å². The van der Waals surface area contributed by atoms with E-state index < -0.39 is 8.07 Å². The first-order valence-electron chi connectivity index (χ1n) is 4.54. The van der Waals surface area contributed by atoms with E-state index in [9.17, 15) is 4.79 Å². The molecule has 0 fully saturated rings. The van der Waals surface area contributed by atoms with E-state index in [0.717, 1.165) is 11.8 Å². The molecule has 0 unspecified atom stereocenters. The SMILES string of the molecule is C[Si](C)(C)C#CCc1ccoc1C=O. The van der Waals surface area contributed by atoms with Crippen molar-refractivity contribution in [2.45, 2.75) is 26.1 Å². The first-order valence-corrected chi connectivity index (χ1v) is 8.04. The van der Waals surface area contributed by atoms with E-state index in [-0.39, 0.29) is 0 Å². The Morgan fingerprint density at radius 1 is 1.50 bits per heavy atom. The summed E-state index contributed by atoms with van der Waals surface area (Å²) >= 11 is 0. The highest BCUT2D eigenvalue weighted by Crippen LogP contribution is 2.08. The van der Waals surface area contributed by atoms with Gasteiger partial charge in [-0.2, -0.15) is 0 Å². The molecule has 1 aromatic rings. The molecule has 0 aliphatic rings. The highest BCUT2D eigenvalue weighted by atomic mass is 28.3. The van der Waals surface area contributed by atoms with Gasteiger partial charge in [0, 0.05) is 12.0 Å². The zero-order chi connectivity index (χ0) is 10.6. The maximum Gasteiger partial charge on any atom is 0.185 e. The summed E-state index contributed by atoms with van der Waals surface area (Å²) in [4.78, 5) is 10.5. The largest absolute Gasteiger partial charge is 0.461 e. The van der Waals surface area contributed by atoms with E-state index in [2.05, 4.69) is 31.1 Å². The Morgan fingerprint density at radius 3 is 2.79 bits per heavy atom. The molecular formula is C11H14O2Si. The van der Waals surface area contributed by atoms with Crippen LogP contribution in [0.5, 0.6) is 0 Å². The highest BCUT2D eigenvalue weighted by molar-refractivity contribution is 6.83. The number of rotatable bonds is 2. The zero-order valence-corrected chi connectivity index (χ0v) is 9.76. The van der Waals surface area contributed by atoms with Gasteiger partial charge in [-0.1, -0.05) is 19.6 Å². The average Bonchev–Trinajstić information content (AvgIpc) is 2.49. The summed E-state index contributed by atoms with van der Waals surface area (Å²) in [5, 5.41) is 0. The topological polar surface area (TPSA) is 30.2 Å². The van der Waals surface area contributed by atoms with Crippen LogP contribution >= 0.6 is 0 Å². The Bertz CT molecular complexity index is 374. The van der Waals surface area contributed by atoms with Crippen molar-refractivity contribution in [2.24, 2.45) is 0 Å². The third-order valence-electron chi connectivity index (χ3n) is 1.63. The number of carbonyl (C=O) groups is 1. The molecule has 0 N–H and O–H groups in total. The van der Waals surface area contributed by atoms with Crippen molar-refractivity contribution in [1.29, 1.82) is 0 Å². The van der Waals surface area contributed by atoms with E-state index in [4.69, 9.17) is 4.42 Å². The number of hydrogen-bond acceptors (Lipinski definition) is 2. The second-order valence-corrected chi connectivity index (χ2v) is 8.91. The third kappa shape index (κ3) is 3.23. The molecular weight excluding hydrogens is 192 g/mol. The summed E-state index contributed by atoms with van der Waals surface area (Å²) < 4.78 is 4.97. The number of furan rings is 1. The molecule has 0 aliphatic heterocycles. The van der Waals surface area contributed by atoms with Crippen molar-refractivity contribution in [3.63, 3.8) is 0 Å². The summed E-state index contributed by atoms with van der Waals surface area (Å²) in [6.45, 7) is 6.57. The van der Waals surface area contributed by atoms with Crippen LogP contribution in [0.1, 0.15) is 16.1 Å².